The molecule has 0 unspecified atom stereocenters. The fourth-order valence-electron chi connectivity index (χ4n) is 1.16. The van der Waals surface area contributed by atoms with E-state index in [9.17, 15) is 14.9 Å². The topological polar surface area (TPSA) is 93.2 Å². The van der Waals surface area contributed by atoms with Crippen molar-refractivity contribution >= 4 is 27.6 Å². The number of hydrogen-bond acceptors (Lipinski definition) is 5. The molecule has 6 nitrogen and oxygen atoms in total. The van der Waals surface area contributed by atoms with Gasteiger partial charge in [0.1, 0.15) is 4.47 Å². The Hall–Kier alpha value is -1.94. The van der Waals surface area contributed by atoms with E-state index in [2.05, 4.69) is 15.9 Å². The van der Waals surface area contributed by atoms with Gasteiger partial charge in [-0.2, -0.15) is 5.26 Å². The molecule has 0 saturated heterocycles. The maximum Gasteiger partial charge on any atom is 0.339 e. The third-order valence-electron chi connectivity index (χ3n) is 1.87. The van der Waals surface area contributed by atoms with Crippen molar-refractivity contribution < 1.29 is 14.5 Å². The maximum absolute atomic E-state index is 11.5. The van der Waals surface area contributed by atoms with Gasteiger partial charge in [0.05, 0.1) is 28.7 Å². The average molecular weight is 299 g/mol. The number of halogens is 1. The molecule has 0 fully saturated rings. The number of hydrogen-bond donors (Lipinski definition) is 0. The van der Waals surface area contributed by atoms with Gasteiger partial charge in [-0.1, -0.05) is 0 Å². The number of nitro groups is 1. The van der Waals surface area contributed by atoms with Gasteiger partial charge in [0.25, 0.3) is 5.69 Å². The van der Waals surface area contributed by atoms with Crippen LogP contribution in [0, 0.1) is 21.4 Å². The number of carbonyl (C=O) groups excluding carboxylic acids is 1. The molecular weight excluding hydrogens is 292 g/mol. The van der Waals surface area contributed by atoms with Crippen molar-refractivity contribution in [3.05, 3.63) is 37.8 Å². The summed E-state index contributed by atoms with van der Waals surface area (Å²) in [6.07, 6.45) is 0. The van der Waals surface area contributed by atoms with E-state index < -0.39 is 10.9 Å². The lowest BCUT2D eigenvalue weighted by Crippen LogP contribution is -2.07. The summed E-state index contributed by atoms with van der Waals surface area (Å²) in [5.74, 6) is -0.709. The van der Waals surface area contributed by atoms with Gasteiger partial charge in [0.15, 0.2) is 0 Å². The molecule has 0 aromatic heterocycles. The predicted octanol–water partition coefficient (Wildman–Crippen LogP) is 2.41. The molecule has 0 heterocycles. The minimum absolute atomic E-state index is 0.0138. The Morgan fingerprint density at radius 2 is 2.29 bits per heavy atom. The number of ether oxygens (including phenoxy) is 1. The zero-order chi connectivity index (χ0) is 13.0. The van der Waals surface area contributed by atoms with Crippen molar-refractivity contribution in [2.24, 2.45) is 0 Å². The molecule has 1 aromatic carbocycles. The Bertz CT molecular complexity index is 522. The molecule has 88 valence electrons. The number of esters is 1. The lowest BCUT2D eigenvalue weighted by Gasteiger charge is -2.05. The summed E-state index contributed by atoms with van der Waals surface area (Å²) in [5.41, 5.74) is -0.340. The Balaban J connectivity index is 3.40. The molecule has 0 aliphatic heterocycles. The molecule has 0 bridgehead atoms. The summed E-state index contributed by atoms with van der Waals surface area (Å²) in [7, 11) is 0. The number of rotatable bonds is 3. The second kappa shape index (κ2) is 5.41. The van der Waals surface area contributed by atoms with Gasteiger partial charge >= 0.3 is 5.97 Å². The van der Waals surface area contributed by atoms with Crippen molar-refractivity contribution in [3.63, 3.8) is 0 Å². The largest absolute Gasteiger partial charge is 0.462 e. The van der Waals surface area contributed by atoms with E-state index in [1.54, 1.807) is 13.0 Å². The zero-order valence-electron chi connectivity index (χ0n) is 8.77. The van der Waals surface area contributed by atoms with Crippen LogP contribution < -0.4 is 0 Å². The number of benzene rings is 1. The third kappa shape index (κ3) is 2.79. The third-order valence-corrected chi connectivity index (χ3v) is 2.71. The molecule has 17 heavy (non-hydrogen) atoms. The van der Waals surface area contributed by atoms with Gasteiger partial charge in [-0.25, -0.2) is 4.79 Å². The molecule has 0 aliphatic carbocycles. The van der Waals surface area contributed by atoms with Crippen LogP contribution in [0.5, 0.6) is 0 Å². The quantitative estimate of drug-likeness (QED) is 0.485. The van der Waals surface area contributed by atoms with E-state index in [-0.39, 0.29) is 27.9 Å². The lowest BCUT2D eigenvalue weighted by atomic mass is 10.1. The normalized spacial score (nSPS) is 9.47. The highest BCUT2D eigenvalue weighted by molar-refractivity contribution is 9.10. The molecule has 0 spiro atoms. The van der Waals surface area contributed by atoms with Crippen LogP contribution in [0.2, 0.25) is 0 Å². The first-order valence-electron chi connectivity index (χ1n) is 4.56. The van der Waals surface area contributed by atoms with Gasteiger partial charge < -0.3 is 4.74 Å². The van der Waals surface area contributed by atoms with Gasteiger partial charge in [0, 0.05) is 6.07 Å². The number of nitro benzene ring substituents is 1. The molecule has 0 saturated carbocycles. The summed E-state index contributed by atoms with van der Waals surface area (Å²) in [5, 5.41) is 19.5. The van der Waals surface area contributed by atoms with E-state index >= 15 is 0 Å². The van der Waals surface area contributed by atoms with E-state index in [1.165, 1.54) is 6.07 Å². The van der Waals surface area contributed by atoms with Crippen LogP contribution in [0.15, 0.2) is 16.6 Å². The fraction of sp³-hybridized carbons (Fsp3) is 0.200. The van der Waals surface area contributed by atoms with Gasteiger partial charge in [-0.3, -0.25) is 10.1 Å². The minimum Gasteiger partial charge on any atom is -0.462 e. The summed E-state index contributed by atoms with van der Waals surface area (Å²) < 4.78 is 4.76. The summed E-state index contributed by atoms with van der Waals surface area (Å²) in [6.45, 7) is 1.77. The smallest absolute Gasteiger partial charge is 0.339 e. The second-order valence-electron chi connectivity index (χ2n) is 2.95. The molecule has 0 amide bonds. The highest BCUT2D eigenvalue weighted by atomic mass is 79.9. The first kappa shape index (κ1) is 13.1. The molecule has 1 rings (SSSR count). The van der Waals surface area contributed by atoms with Crippen molar-refractivity contribution in [2.45, 2.75) is 6.92 Å². The molecule has 0 radical (unpaired) electrons. The SMILES string of the molecule is CCOC(=O)c1cc(C#N)cc([N+](=O)[O-])c1Br. The van der Waals surface area contributed by atoms with Gasteiger partial charge in [0.2, 0.25) is 0 Å². The molecule has 0 N–H and O–H groups in total. The highest BCUT2D eigenvalue weighted by Crippen LogP contribution is 2.30. The van der Waals surface area contributed by atoms with Crippen molar-refractivity contribution in [3.8, 4) is 6.07 Å². The number of nitrogens with zero attached hydrogens (tertiary/aromatic N) is 2. The Kier molecular flexibility index (Phi) is 4.17. The van der Waals surface area contributed by atoms with E-state index in [0.717, 1.165) is 6.07 Å². The molecule has 0 atom stereocenters. The minimum atomic E-state index is -0.709. The van der Waals surface area contributed by atoms with Crippen LogP contribution in [0.1, 0.15) is 22.8 Å². The molecular formula is C10H7BrN2O4. The molecule has 7 heteroatoms. The maximum atomic E-state index is 11.5. The summed E-state index contributed by atoms with van der Waals surface area (Å²) >= 11 is 2.96. The van der Waals surface area contributed by atoms with Crippen LogP contribution in [0.25, 0.3) is 0 Å². The molecule has 0 aliphatic rings. The van der Waals surface area contributed by atoms with Crippen LogP contribution in [0.4, 0.5) is 5.69 Å². The van der Waals surface area contributed by atoms with E-state index in [1.807, 2.05) is 0 Å². The van der Waals surface area contributed by atoms with Crippen LogP contribution in [-0.2, 0) is 4.74 Å². The van der Waals surface area contributed by atoms with Gasteiger partial charge in [-0.15, -0.1) is 0 Å². The lowest BCUT2D eigenvalue weighted by molar-refractivity contribution is -0.385. The molecule has 1 aromatic rings. The highest BCUT2D eigenvalue weighted by Gasteiger charge is 2.22. The van der Waals surface area contributed by atoms with E-state index in [4.69, 9.17) is 10.00 Å². The van der Waals surface area contributed by atoms with Crippen molar-refractivity contribution in [1.29, 1.82) is 5.26 Å². The second-order valence-corrected chi connectivity index (χ2v) is 3.74. The first-order valence-corrected chi connectivity index (χ1v) is 5.35. The van der Waals surface area contributed by atoms with Crippen molar-refractivity contribution in [2.75, 3.05) is 6.61 Å². The van der Waals surface area contributed by atoms with Crippen molar-refractivity contribution in [1.82, 2.24) is 0 Å². The first-order chi connectivity index (χ1) is 8.01. The van der Waals surface area contributed by atoms with Crippen LogP contribution in [0.3, 0.4) is 0 Å². The Morgan fingerprint density at radius 1 is 1.65 bits per heavy atom. The predicted molar refractivity (Wildman–Crippen MR) is 61.5 cm³/mol. The van der Waals surface area contributed by atoms with Crippen LogP contribution in [-0.4, -0.2) is 17.5 Å². The standard InChI is InChI=1S/C10H7BrN2O4/c1-2-17-10(14)7-3-6(5-12)4-8(9(7)11)13(15)16/h3-4H,2H2,1H3. The average Bonchev–Trinajstić information content (AvgIpc) is 2.29. The number of carbonyl (C=O) groups is 1. The zero-order valence-corrected chi connectivity index (χ0v) is 10.4. The fourth-order valence-corrected chi connectivity index (χ4v) is 1.70. The Morgan fingerprint density at radius 3 is 2.76 bits per heavy atom. The number of nitriles is 1. The van der Waals surface area contributed by atoms with Gasteiger partial charge in [-0.05, 0) is 28.9 Å². The Labute approximate surface area is 105 Å². The summed E-state index contributed by atoms with van der Waals surface area (Å²) in [4.78, 5) is 21.6. The van der Waals surface area contributed by atoms with Crippen LogP contribution >= 0.6 is 15.9 Å². The monoisotopic (exact) mass is 298 g/mol. The van der Waals surface area contributed by atoms with E-state index in [0.29, 0.717) is 0 Å². The summed E-state index contributed by atoms with van der Waals surface area (Å²) in [6, 6.07) is 4.09.